The Morgan fingerprint density at radius 2 is 2.00 bits per heavy atom. The first-order chi connectivity index (χ1) is 7.95. The Balaban J connectivity index is 2.84. The van der Waals surface area contributed by atoms with E-state index in [-0.39, 0.29) is 23.3 Å². The van der Waals surface area contributed by atoms with Crippen molar-refractivity contribution < 1.29 is 19.8 Å². The number of carboxylic acid groups (broad SMARTS) is 1. The molecule has 1 atom stereocenters. The zero-order chi connectivity index (χ0) is 13.0. The molecule has 6 heteroatoms. The summed E-state index contributed by atoms with van der Waals surface area (Å²) in [7, 11) is 1.65. The number of anilines is 1. The maximum Gasteiger partial charge on any atom is 0.339 e. The van der Waals surface area contributed by atoms with Gasteiger partial charge in [0.05, 0.1) is 6.04 Å². The van der Waals surface area contributed by atoms with Crippen molar-refractivity contribution in [1.82, 2.24) is 5.32 Å². The summed E-state index contributed by atoms with van der Waals surface area (Å²) in [4.78, 5) is 22.2. The molecule has 4 N–H and O–H groups in total. The fourth-order valence-corrected chi connectivity index (χ4v) is 1.17. The van der Waals surface area contributed by atoms with Crippen LogP contribution >= 0.6 is 0 Å². The summed E-state index contributed by atoms with van der Waals surface area (Å²) < 4.78 is 0. The number of amides is 1. The van der Waals surface area contributed by atoms with E-state index in [4.69, 9.17) is 5.11 Å². The molecule has 1 amide bonds. The van der Waals surface area contributed by atoms with Gasteiger partial charge in [0.25, 0.3) is 0 Å². The van der Waals surface area contributed by atoms with Crippen LogP contribution in [0.1, 0.15) is 17.3 Å². The fourth-order valence-electron chi connectivity index (χ4n) is 1.17. The third kappa shape index (κ3) is 3.18. The predicted molar refractivity (Wildman–Crippen MR) is 62.2 cm³/mol. The van der Waals surface area contributed by atoms with Crippen LogP contribution in [0.5, 0.6) is 5.75 Å². The number of aromatic hydroxyl groups is 1. The molecule has 6 nitrogen and oxygen atoms in total. The molecule has 0 saturated heterocycles. The third-order valence-electron chi connectivity index (χ3n) is 2.32. The van der Waals surface area contributed by atoms with Crippen molar-refractivity contribution in [3.63, 3.8) is 0 Å². The van der Waals surface area contributed by atoms with Gasteiger partial charge in [-0.1, -0.05) is 0 Å². The van der Waals surface area contributed by atoms with Crippen LogP contribution in [0.25, 0.3) is 0 Å². The van der Waals surface area contributed by atoms with E-state index in [9.17, 15) is 14.7 Å². The normalized spacial score (nSPS) is 11.9. The Bertz CT molecular complexity index is 445. The third-order valence-corrected chi connectivity index (χ3v) is 2.32. The van der Waals surface area contributed by atoms with E-state index in [1.54, 1.807) is 14.0 Å². The highest BCUT2D eigenvalue weighted by molar-refractivity contribution is 5.96. The van der Waals surface area contributed by atoms with Gasteiger partial charge in [0, 0.05) is 11.8 Å². The molecule has 17 heavy (non-hydrogen) atoms. The number of nitrogens with one attached hydrogen (secondary N) is 2. The second-order valence-corrected chi connectivity index (χ2v) is 3.54. The van der Waals surface area contributed by atoms with Gasteiger partial charge in [0.1, 0.15) is 11.3 Å². The molecular weight excluding hydrogens is 224 g/mol. The van der Waals surface area contributed by atoms with Crippen molar-refractivity contribution >= 4 is 17.6 Å². The molecular formula is C11H14N2O4. The van der Waals surface area contributed by atoms with Crippen molar-refractivity contribution in [3.05, 3.63) is 23.8 Å². The molecule has 0 aliphatic heterocycles. The van der Waals surface area contributed by atoms with Crippen LogP contribution < -0.4 is 10.6 Å². The summed E-state index contributed by atoms with van der Waals surface area (Å²) >= 11 is 0. The summed E-state index contributed by atoms with van der Waals surface area (Å²) in [5, 5.41) is 23.4. The number of rotatable bonds is 4. The lowest BCUT2D eigenvalue weighted by molar-refractivity contribution is -0.117. The molecule has 92 valence electrons. The van der Waals surface area contributed by atoms with Crippen LogP contribution in [-0.2, 0) is 4.79 Å². The molecule has 0 saturated carbocycles. The van der Waals surface area contributed by atoms with Crippen molar-refractivity contribution in [3.8, 4) is 5.75 Å². The number of hydrogen-bond donors (Lipinski definition) is 4. The van der Waals surface area contributed by atoms with Gasteiger partial charge in [-0.05, 0) is 26.1 Å². The van der Waals surface area contributed by atoms with Gasteiger partial charge >= 0.3 is 5.97 Å². The molecule has 1 aromatic carbocycles. The first kappa shape index (κ1) is 13.0. The van der Waals surface area contributed by atoms with Gasteiger partial charge in [0.15, 0.2) is 0 Å². The van der Waals surface area contributed by atoms with Gasteiger partial charge in [-0.15, -0.1) is 0 Å². The molecule has 1 rings (SSSR count). The van der Waals surface area contributed by atoms with E-state index in [1.165, 1.54) is 18.2 Å². The number of phenols is 1. The molecule has 1 unspecified atom stereocenters. The molecule has 0 radical (unpaired) electrons. The van der Waals surface area contributed by atoms with Crippen LogP contribution in [-0.4, -0.2) is 35.2 Å². The fraction of sp³-hybridized carbons (Fsp3) is 0.273. The lowest BCUT2D eigenvalue weighted by Gasteiger charge is -2.11. The highest BCUT2D eigenvalue weighted by Gasteiger charge is 2.13. The second kappa shape index (κ2) is 5.31. The van der Waals surface area contributed by atoms with E-state index in [0.29, 0.717) is 5.69 Å². The average Bonchev–Trinajstić information content (AvgIpc) is 2.27. The minimum atomic E-state index is -1.22. The van der Waals surface area contributed by atoms with E-state index < -0.39 is 5.97 Å². The van der Waals surface area contributed by atoms with E-state index in [1.807, 2.05) is 0 Å². The van der Waals surface area contributed by atoms with Crippen LogP contribution in [0.3, 0.4) is 0 Å². The highest BCUT2D eigenvalue weighted by Crippen LogP contribution is 2.21. The van der Waals surface area contributed by atoms with E-state index in [0.717, 1.165) is 0 Å². The number of carboxylic acids is 1. The van der Waals surface area contributed by atoms with E-state index >= 15 is 0 Å². The largest absolute Gasteiger partial charge is 0.507 e. The van der Waals surface area contributed by atoms with Gasteiger partial charge in [-0.25, -0.2) is 4.79 Å². The van der Waals surface area contributed by atoms with Crippen molar-refractivity contribution in [2.75, 3.05) is 12.4 Å². The summed E-state index contributed by atoms with van der Waals surface area (Å²) in [6.45, 7) is 1.68. The molecule has 0 bridgehead atoms. The Morgan fingerprint density at radius 3 is 2.47 bits per heavy atom. The van der Waals surface area contributed by atoms with E-state index in [2.05, 4.69) is 10.6 Å². The van der Waals surface area contributed by atoms with Gasteiger partial charge in [-0.3, -0.25) is 4.79 Å². The molecule has 0 spiro atoms. The minimum Gasteiger partial charge on any atom is -0.507 e. The van der Waals surface area contributed by atoms with Gasteiger partial charge in [-0.2, -0.15) is 0 Å². The maximum atomic E-state index is 11.5. The quantitative estimate of drug-likeness (QED) is 0.617. The van der Waals surface area contributed by atoms with Gasteiger partial charge < -0.3 is 20.8 Å². The minimum absolute atomic E-state index is 0.204. The van der Waals surface area contributed by atoms with Crippen LogP contribution in [0.15, 0.2) is 18.2 Å². The maximum absolute atomic E-state index is 11.5. The monoisotopic (exact) mass is 238 g/mol. The van der Waals surface area contributed by atoms with Crippen molar-refractivity contribution in [1.29, 1.82) is 0 Å². The Labute approximate surface area is 98.3 Å². The Hall–Kier alpha value is -2.08. The SMILES string of the molecule is CNC(C)C(=O)Nc1ccc(C(=O)O)c(O)c1. The van der Waals surface area contributed by atoms with Crippen molar-refractivity contribution in [2.45, 2.75) is 13.0 Å². The van der Waals surface area contributed by atoms with Crippen LogP contribution in [0, 0.1) is 0 Å². The smallest absolute Gasteiger partial charge is 0.339 e. The molecule has 0 heterocycles. The highest BCUT2D eigenvalue weighted by atomic mass is 16.4. The molecule has 0 aliphatic rings. The number of likely N-dealkylation sites (N-methyl/N-ethyl adjacent to an activating group) is 1. The van der Waals surface area contributed by atoms with Crippen LogP contribution in [0.2, 0.25) is 0 Å². The lowest BCUT2D eigenvalue weighted by Crippen LogP contribution is -2.35. The first-order valence-electron chi connectivity index (χ1n) is 5.00. The number of aromatic carboxylic acids is 1. The molecule has 0 aromatic heterocycles. The zero-order valence-electron chi connectivity index (χ0n) is 9.52. The number of hydrogen-bond acceptors (Lipinski definition) is 4. The number of carbonyl (C=O) groups is 2. The summed E-state index contributed by atoms with van der Waals surface area (Å²) in [6.07, 6.45) is 0. The molecule has 1 aromatic rings. The molecule has 0 aliphatic carbocycles. The first-order valence-corrected chi connectivity index (χ1v) is 5.00. The van der Waals surface area contributed by atoms with Crippen molar-refractivity contribution in [2.24, 2.45) is 0 Å². The predicted octanol–water partition coefficient (Wildman–Crippen LogP) is 0.637. The van der Waals surface area contributed by atoms with Crippen LogP contribution in [0.4, 0.5) is 5.69 Å². The topological polar surface area (TPSA) is 98.7 Å². The summed E-state index contributed by atoms with van der Waals surface area (Å²) in [5.41, 5.74) is 0.143. The zero-order valence-corrected chi connectivity index (χ0v) is 9.52. The summed E-state index contributed by atoms with van der Waals surface area (Å²) in [5.74, 6) is -1.87. The number of carbonyl (C=O) groups excluding carboxylic acids is 1. The second-order valence-electron chi connectivity index (χ2n) is 3.54. The average molecular weight is 238 g/mol. The number of benzene rings is 1. The molecule has 0 fully saturated rings. The standard InChI is InChI=1S/C11H14N2O4/c1-6(12-2)10(15)13-7-3-4-8(11(16)17)9(14)5-7/h3-6,12,14H,1-2H3,(H,13,15)(H,16,17). The summed E-state index contributed by atoms with van der Waals surface area (Å²) in [6, 6.07) is 3.47. The Morgan fingerprint density at radius 1 is 1.35 bits per heavy atom. The Kier molecular flexibility index (Phi) is 4.06. The van der Waals surface area contributed by atoms with Gasteiger partial charge in [0.2, 0.25) is 5.91 Å². The lowest BCUT2D eigenvalue weighted by atomic mass is 10.2.